The summed E-state index contributed by atoms with van der Waals surface area (Å²) in [5.41, 5.74) is 3.37. The van der Waals surface area contributed by atoms with E-state index in [0.717, 1.165) is 39.3 Å². The van der Waals surface area contributed by atoms with E-state index in [4.69, 9.17) is 4.74 Å². The quantitative estimate of drug-likeness (QED) is 0.370. The van der Waals surface area contributed by atoms with E-state index in [9.17, 15) is 9.59 Å². The summed E-state index contributed by atoms with van der Waals surface area (Å²) in [6.07, 6.45) is 2.73. The van der Waals surface area contributed by atoms with Gasteiger partial charge in [0.05, 0.1) is 12.8 Å². The summed E-state index contributed by atoms with van der Waals surface area (Å²) in [4.78, 5) is 34.3. The van der Waals surface area contributed by atoms with Crippen LogP contribution >= 0.6 is 22.7 Å². The number of aryl methyl sites for hydroxylation is 1. The maximum absolute atomic E-state index is 12.3. The van der Waals surface area contributed by atoms with E-state index in [2.05, 4.69) is 15.3 Å². The van der Waals surface area contributed by atoms with Crippen LogP contribution in [-0.2, 0) is 22.4 Å². The third kappa shape index (κ3) is 4.87. The maximum atomic E-state index is 12.3. The molecule has 0 bridgehead atoms. The minimum atomic E-state index is -0.0734. The fourth-order valence-corrected chi connectivity index (χ4v) is 4.96. The van der Waals surface area contributed by atoms with Crippen molar-refractivity contribution in [3.05, 3.63) is 63.3 Å². The molecule has 6 nitrogen and oxygen atoms in total. The van der Waals surface area contributed by atoms with Gasteiger partial charge in [-0.05, 0) is 59.9 Å². The number of thiazole rings is 1. The molecule has 8 heteroatoms. The van der Waals surface area contributed by atoms with Crippen LogP contribution in [-0.4, -0.2) is 21.7 Å². The molecule has 32 heavy (non-hydrogen) atoms. The number of carbonyl (C=O) groups is 2. The number of fused-ring (bicyclic) bond motifs is 1. The summed E-state index contributed by atoms with van der Waals surface area (Å²) in [6.45, 7) is 1.94. The highest BCUT2D eigenvalue weighted by Gasteiger charge is 2.29. The zero-order valence-corrected chi connectivity index (χ0v) is 19.1. The van der Waals surface area contributed by atoms with Crippen LogP contribution in [0.2, 0.25) is 0 Å². The van der Waals surface area contributed by atoms with Gasteiger partial charge in [-0.3, -0.25) is 9.59 Å². The first-order valence-electron chi connectivity index (χ1n) is 10.4. The molecular formula is C24H21N3O3S2. The molecule has 1 saturated carbocycles. The highest BCUT2D eigenvalue weighted by molar-refractivity contribution is 7.18. The molecule has 0 spiro atoms. The highest BCUT2D eigenvalue weighted by atomic mass is 32.1. The fourth-order valence-electron chi connectivity index (χ4n) is 3.36. The second-order valence-electron chi connectivity index (χ2n) is 7.94. The molecule has 4 aromatic rings. The third-order valence-corrected chi connectivity index (χ3v) is 6.96. The van der Waals surface area contributed by atoms with E-state index >= 15 is 0 Å². The monoisotopic (exact) mass is 463 g/mol. The standard InChI is InChI=1S/C24H21N3O3S2/c1-14-2-5-17(25-21(29)10-15-8-9-31-13-15)11-20(14)30-22-7-6-18-24(27-22)32-23(26-18)12-19(28)16-3-4-16/h2,5-9,11,13,16H,3-4,10,12H2,1H3,(H,25,29). The van der Waals surface area contributed by atoms with Gasteiger partial charge in [0.1, 0.15) is 26.9 Å². The zero-order chi connectivity index (χ0) is 22.1. The van der Waals surface area contributed by atoms with Crippen molar-refractivity contribution in [1.29, 1.82) is 0 Å². The molecule has 0 aliphatic heterocycles. The van der Waals surface area contributed by atoms with Gasteiger partial charge in [-0.1, -0.05) is 17.4 Å². The zero-order valence-electron chi connectivity index (χ0n) is 17.5. The van der Waals surface area contributed by atoms with Gasteiger partial charge in [0, 0.05) is 23.7 Å². The van der Waals surface area contributed by atoms with Gasteiger partial charge in [0.2, 0.25) is 11.8 Å². The van der Waals surface area contributed by atoms with Crippen molar-refractivity contribution in [2.75, 3.05) is 5.32 Å². The summed E-state index contributed by atoms with van der Waals surface area (Å²) >= 11 is 3.01. The minimum absolute atomic E-state index is 0.0734. The van der Waals surface area contributed by atoms with Crippen molar-refractivity contribution >= 4 is 50.4 Å². The van der Waals surface area contributed by atoms with Gasteiger partial charge >= 0.3 is 0 Å². The van der Waals surface area contributed by atoms with Crippen molar-refractivity contribution in [2.45, 2.75) is 32.6 Å². The minimum Gasteiger partial charge on any atom is -0.439 e. The molecule has 0 radical (unpaired) electrons. The number of Topliss-reactive ketones (excluding diaryl/α,β-unsaturated/α-hetero) is 1. The van der Waals surface area contributed by atoms with Gasteiger partial charge < -0.3 is 10.1 Å². The lowest BCUT2D eigenvalue weighted by Gasteiger charge is -2.11. The van der Waals surface area contributed by atoms with E-state index in [1.807, 2.05) is 41.9 Å². The number of amides is 1. The summed E-state index contributed by atoms with van der Waals surface area (Å²) in [5, 5.41) is 7.65. The Morgan fingerprint density at radius 3 is 2.78 bits per heavy atom. The summed E-state index contributed by atoms with van der Waals surface area (Å²) in [7, 11) is 0. The first kappa shape index (κ1) is 20.8. The molecular weight excluding hydrogens is 442 g/mol. The van der Waals surface area contributed by atoms with Gasteiger partial charge in [0.15, 0.2) is 0 Å². The normalized spacial score (nSPS) is 13.3. The number of thiophene rings is 1. The van der Waals surface area contributed by atoms with Gasteiger partial charge in [-0.25, -0.2) is 9.97 Å². The van der Waals surface area contributed by atoms with Gasteiger partial charge in [-0.15, -0.1) is 0 Å². The van der Waals surface area contributed by atoms with Crippen LogP contribution in [0.1, 0.15) is 29.0 Å². The second kappa shape index (κ2) is 8.80. The number of ketones is 1. The first-order valence-corrected chi connectivity index (χ1v) is 12.2. The molecule has 3 aromatic heterocycles. The maximum Gasteiger partial charge on any atom is 0.228 e. The summed E-state index contributed by atoms with van der Waals surface area (Å²) < 4.78 is 6.04. The predicted octanol–water partition coefficient (Wildman–Crippen LogP) is 5.56. The lowest BCUT2D eigenvalue weighted by molar-refractivity contribution is -0.119. The van der Waals surface area contributed by atoms with E-state index in [1.165, 1.54) is 11.3 Å². The van der Waals surface area contributed by atoms with Crippen molar-refractivity contribution < 1.29 is 14.3 Å². The number of benzene rings is 1. The lowest BCUT2D eigenvalue weighted by atomic mass is 10.2. The number of hydrogen-bond acceptors (Lipinski definition) is 7. The number of nitrogens with one attached hydrogen (secondary N) is 1. The van der Waals surface area contributed by atoms with Crippen molar-refractivity contribution in [3.8, 4) is 11.6 Å². The van der Waals surface area contributed by atoms with E-state index < -0.39 is 0 Å². The molecule has 1 aliphatic rings. The van der Waals surface area contributed by atoms with Crippen LogP contribution < -0.4 is 10.1 Å². The van der Waals surface area contributed by atoms with Gasteiger partial charge in [0.25, 0.3) is 0 Å². The number of ether oxygens (including phenoxy) is 1. The Bertz CT molecular complexity index is 1290. The largest absolute Gasteiger partial charge is 0.439 e. The molecule has 1 fully saturated rings. The Kier molecular flexibility index (Phi) is 5.71. The Morgan fingerprint density at radius 1 is 1.12 bits per heavy atom. The predicted molar refractivity (Wildman–Crippen MR) is 127 cm³/mol. The van der Waals surface area contributed by atoms with E-state index in [1.54, 1.807) is 23.5 Å². The second-order valence-corrected chi connectivity index (χ2v) is 9.78. The third-order valence-electron chi connectivity index (χ3n) is 5.26. The number of carbonyl (C=O) groups excluding carboxylic acids is 2. The van der Waals surface area contributed by atoms with Crippen LogP contribution in [0.4, 0.5) is 5.69 Å². The molecule has 0 atom stereocenters. The molecule has 1 aromatic carbocycles. The number of pyridine rings is 1. The molecule has 162 valence electrons. The van der Waals surface area contributed by atoms with Crippen LogP contribution in [0.15, 0.2) is 47.2 Å². The number of hydrogen-bond donors (Lipinski definition) is 1. The molecule has 0 unspecified atom stereocenters. The molecule has 1 N–H and O–H groups in total. The number of anilines is 1. The Morgan fingerprint density at radius 2 is 2.00 bits per heavy atom. The van der Waals surface area contributed by atoms with Crippen LogP contribution in [0, 0.1) is 12.8 Å². The van der Waals surface area contributed by atoms with Crippen molar-refractivity contribution in [1.82, 2.24) is 9.97 Å². The Balaban J connectivity index is 1.29. The van der Waals surface area contributed by atoms with Crippen molar-refractivity contribution in [3.63, 3.8) is 0 Å². The Labute approximate surface area is 193 Å². The van der Waals surface area contributed by atoms with Gasteiger partial charge in [-0.2, -0.15) is 11.3 Å². The summed E-state index contributed by atoms with van der Waals surface area (Å²) in [6, 6.07) is 11.2. The number of aromatic nitrogens is 2. The molecule has 3 heterocycles. The number of rotatable bonds is 8. The molecule has 0 saturated heterocycles. The lowest BCUT2D eigenvalue weighted by Crippen LogP contribution is -2.14. The van der Waals surface area contributed by atoms with Crippen molar-refractivity contribution in [2.24, 2.45) is 5.92 Å². The SMILES string of the molecule is Cc1ccc(NC(=O)Cc2ccsc2)cc1Oc1ccc2nc(CC(=O)C3CC3)sc2n1. The van der Waals surface area contributed by atoms with Crippen LogP contribution in [0.3, 0.4) is 0 Å². The average Bonchev–Trinajstić information content (AvgIpc) is 3.36. The number of nitrogens with zero attached hydrogens (tertiary/aromatic N) is 2. The average molecular weight is 464 g/mol. The van der Waals surface area contributed by atoms with Crippen LogP contribution in [0.5, 0.6) is 11.6 Å². The van der Waals surface area contributed by atoms with E-state index in [-0.39, 0.29) is 17.6 Å². The highest BCUT2D eigenvalue weighted by Crippen LogP contribution is 2.33. The summed E-state index contributed by atoms with van der Waals surface area (Å²) in [5.74, 6) is 1.50. The Hall–Kier alpha value is -3.10. The molecule has 5 rings (SSSR count). The van der Waals surface area contributed by atoms with Crippen LogP contribution in [0.25, 0.3) is 10.3 Å². The van der Waals surface area contributed by atoms with E-state index in [0.29, 0.717) is 30.2 Å². The topological polar surface area (TPSA) is 81.2 Å². The fraction of sp³-hybridized carbons (Fsp3) is 0.250. The molecule has 1 aliphatic carbocycles. The first-order chi connectivity index (χ1) is 15.5. The molecule has 1 amide bonds. The smallest absolute Gasteiger partial charge is 0.228 e.